The monoisotopic (exact) mass is 404 g/mol. The molecule has 1 aromatic heterocycles. The van der Waals surface area contributed by atoms with E-state index in [-0.39, 0.29) is 11.8 Å². The Balaban J connectivity index is 1.36. The van der Waals surface area contributed by atoms with Crippen molar-refractivity contribution in [1.82, 2.24) is 14.5 Å². The number of nitrogens with one attached hydrogen (secondary N) is 1. The average Bonchev–Trinajstić information content (AvgIpc) is 3.12. The molecule has 1 N–H and O–H groups in total. The van der Waals surface area contributed by atoms with Crippen LogP contribution in [0.15, 0.2) is 48.5 Å². The molecule has 0 spiro atoms. The van der Waals surface area contributed by atoms with Crippen LogP contribution in [0.4, 0.5) is 5.69 Å². The van der Waals surface area contributed by atoms with Crippen LogP contribution < -0.4 is 5.32 Å². The normalized spacial score (nSPS) is 15.7. The van der Waals surface area contributed by atoms with E-state index in [0.29, 0.717) is 6.04 Å². The van der Waals surface area contributed by atoms with E-state index in [2.05, 4.69) is 65.9 Å². The highest BCUT2D eigenvalue weighted by Gasteiger charge is 2.26. The third kappa shape index (κ3) is 4.41. The van der Waals surface area contributed by atoms with Crippen LogP contribution in [0, 0.1) is 5.92 Å². The van der Waals surface area contributed by atoms with Gasteiger partial charge >= 0.3 is 0 Å². The first-order valence-corrected chi connectivity index (χ1v) is 11.1. The molecule has 158 valence electrons. The summed E-state index contributed by atoms with van der Waals surface area (Å²) in [7, 11) is 0. The molecule has 0 atom stereocenters. The summed E-state index contributed by atoms with van der Waals surface area (Å²) in [4.78, 5) is 20.0. The lowest BCUT2D eigenvalue weighted by Gasteiger charge is -2.31. The second kappa shape index (κ2) is 9.00. The Morgan fingerprint density at radius 3 is 2.47 bits per heavy atom. The molecule has 1 fully saturated rings. The summed E-state index contributed by atoms with van der Waals surface area (Å²) in [6, 6.07) is 16.9. The molecule has 5 heteroatoms. The van der Waals surface area contributed by atoms with E-state index in [1.54, 1.807) is 0 Å². The van der Waals surface area contributed by atoms with Gasteiger partial charge < -0.3 is 9.88 Å². The fraction of sp³-hybridized carbons (Fsp3) is 0.440. The van der Waals surface area contributed by atoms with Crippen LogP contribution in [0.1, 0.15) is 51.0 Å². The van der Waals surface area contributed by atoms with Gasteiger partial charge in [-0.25, -0.2) is 4.98 Å². The van der Waals surface area contributed by atoms with Crippen LogP contribution in [-0.4, -0.2) is 33.4 Å². The van der Waals surface area contributed by atoms with Crippen molar-refractivity contribution in [2.24, 2.45) is 5.92 Å². The molecule has 0 aliphatic carbocycles. The number of likely N-dealkylation sites (tertiary alicyclic amines) is 1. The van der Waals surface area contributed by atoms with Crippen molar-refractivity contribution >= 4 is 22.6 Å². The number of amides is 1. The van der Waals surface area contributed by atoms with Crippen molar-refractivity contribution < 1.29 is 4.79 Å². The number of carbonyl (C=O) groups is 1. The van der Waals surface area contributed by atoms with Gasteiger partial charge in [-0.2, -0.15) is 0 Å². The lowest BCUT2D eigenvalue weighted by Crippen LogP contribution is -2.38. The first-order valence-electron chi connectivity index (χ1n) is 11.1. The number of piperidine rings is 1. The van der Waals surface area contributed by atoms with Gasteiger partial charge in [-0.05, 0) is 76.0 Å². The summed E-state index contributed by atoms with van der Waals surface area (Å²) in [6.07, 6.45) is 2.79. The zero-order valence-electron chi connectivity index (χ0n) is 18.3. The lowest BCUT2D eigenvalue weighted by molar-refractivity contribution is -0.121. The summed E-state index contributed by atoms with van der Waals surface area (Å²) in [6.45, 7) is 9.24. The Morgan fingerprint density at radius 1 is 1.10 bits per heavy atom. The number of aryl methyl sites for hydroxylation is 1. The molecule has 30 heavy (non-hydrogen) atoms. The Bertz CT molecular complexity index is 998. The average molecular weight is 405 g/mol. The zero-order valence-corrected chi connectivity index (χ0v) is 18.3. The summed E-state index contributed by atoms with van der Waals surface area (Å²) in [5.74, 6) is 1.34. The minimum atomic E-state index is 0.0796. The number of benzene rings is 2. The van der Waals surface area contributed by atoms with Gasteiger partial charge in [-0.1, -0.05) is 31.2 Å². The number of rotatable bonds is 6. The number of nitrogens with zero attached hydrogens (tertiary/aromatic N) is 3. The standard InChI is InChI=1S/C25H32N4O/c1-4-19-9-11-21(12-10-19)26-25(30)20-13-15-28(16-14-20)17-24-27-22-7-5-6-8-23(22)29(24)18(2)3/h5-12,18,20H,4,13-17H2,1-3H3,(H,26,30). The number of hydrogen-bond acceptors (Lipinski definition) is 3. The molecular weight excluding hydrogens is 372 g/mol. The summed E-state index contributed by atoms with van der Waals surface area (Å²) < 4.78 is 2.34. The van der Waals surface area contributed by atoms with Gasteiger partial charge in [-0.3, -0.25) is 9.69 Å². The van der Waals surface area contributed by atoms with Crippen molar-refractivity contribution in [2.45, 2.75) is 52.6 Å². The highest BCUT2D eigenvalue weighted by atomic mass is 16.1. The Kier molecular flexibility index (Phi) is 6.18. The summed E-state index contributed by atoms with van der Waals surface area (Å²) in [5.41, 5.74) is 4.44. The Morgan fingerprint density at radius 2 is 1.80 bits per heavy atom. The first-order chi connectivity index (χ1) is 14.5. The molecule has 1 aliphatic heterocycles. The van der Waals surface area contributed by atoms with Gasteiger partial charge in [0.1, 0.15) is 5.82 Å². The highest BCUT2D eigenvalue weighted by molar-refractivity contribution is 5.92. The third-order valence-electron chi connectivity index (χ3n) is 6.14. The molecule has 0 saturated carbocycles. The minimum Gasteiger partial charge on any atom is -0.326 e. The molecule has 1 aliphatic rings. The highest BCUT2D eigenvalue weighted by Crippen LogP contribution is 2.25. The van der Waals surface area contributed by atoms with E-state index in [1.807, 2.05) is 18.2 Å². The predicted molar refractivity (Wildman–Crippen MR) is 123 cm³/mol. The lowest BCUT2D eigenvalue weighted by atomic mass is 9.95. The van der Waals surface area contributed by atoms with Crippen LogP contribution >= 0.6 is 0 Å². The second-order valence-corrected chi connectivity index (χ2v) is 8.57. The van der Waals surface area contributed by atoms with Crippen LogP contribution in [0.3, 0.4) is 0 Å². The van der Waals surface area contributed by atoms with Gasteiger partial charge in [0.25, 0.3) is 0 Å². The summed E-state index contributed by atoms with van der Waals surface area (Å²) in [5, 5.41) is 3.10. The van der Waals surface area contributed by atoms with Crippen molar-refractivity contribution in [1.29, 1.82) is 0 Å². The number of para-hydroxylation sites is 2. The Labute approximate surface area is 179 Å². The molecule has 1 amide bonds. The largest absolute Gasteiger partial charge is 0.326 e. The third-order valence-corrected chi connectivity index (χ3v) is 6.14. The zero-order chi connectivity index (χ0) is 21.1. The van der Waals surface area contributed by atoms with E-state index in [0.717, 1.165) is 55.9 Å². The van der Waals surface area contributed by atoms with Crippen molar-refractivity contribution in [3.05, 3.63) is 59.9 Å². The van der Waals surface area contributed by atoms with Crippen LogP contribution in [0.5, 0.6) is 0 Å². The van der Waals surface area contributed by atoms with Gasteiger partial charge in [0.2, 0.25) is 5.91 Å². The molecule has 3 aromatic rings. The van der Waals surface area contributed by atoms with Crippen LogP contribution in [0.2, 0.25) is 0 Å². The molecule has 5 nitrogen and oxygen atoms in total. The summed E-state index contributed by atoms with van der Waals surface area (Å²) >= 11 is 0. The molecule has 1 saturated heterocycles. The van der Waals surface area contributed by atoms with Crippen LogP contribution in [0.25, 0.3) is 11.0 Å². The first kappa shape index (κ1) is 20.6. The fourth-order valence-electron chi connectivity index (χ4n) is 4.40. The molecule has 4 rings (SSSR count). The van der Waals surface area contributed by atoms with E-state index in [1.165, 1.54) is 11.1 Å². The quantitative estimate of drug-likeness (QED) is 0.627. The number of aromatic nitrogens is 2. The maximum absolute atomic E-state index is 12.7. The van der Waals surface area contributed by atoms with Gasteiger partial charge in [-0.15, -0.1) is 0 Å². The van der Waals surface area contributed by atoms with Gasteiger partial charge in [0, 0.05) is 17.6 Å². The molecule has 2 aromatic carbocycles. The maximum Gasteiger partial charge on any atom is 0.227 e. The van der Waals surface area contributed by atoms with Crippen molar-refractivity contribution in [3.8, 4) is 0 Å². The molecule has 0 radical (unpaired) electrons. The van der Waals surface area contributed by atoms with E-state index in [9.17, 15) is 4.79 Å². The molecule has 0 bridgehead atoms. The number of hydrogen-bond donors (Lipinski definition) is 1. The number of fused-ring (bicyclic) bond motifs is 1. The molecule has 0 unspecified atom stereocenters. The smallest absolute Gasteiger partial charge is 0.227 e. The van der Waals surface area contributed by atoms with Crippen LogP contribution in [-0.2, 0) is 17.8 Å². The van der Waals surface area contributed by atoms with E-state index < -0.39 is 0 Å². The fourth-order valence-corrected chi connectivity index (χ4v) is 4.40. The SMILES string of the molecule is CCc1ccc(NC(=O)C2CCN(Cc3nc4ccccc4n3C(C)C)CC2)cc1. The van der Waals surface area contributed by atoms with Gasteiger partial charge in [0.15, 0.2) is 0 Å². The van der Waals surface area contributed by atoms with E-state index in [4.69, 9.17) is 4.98 Å². The maximum atomic E-state index is 12.7. The molecular formula is C25H32N4O. The number of anilines is 1. The van der Waals surface area contributed by atoms with Crippen molar-refractivity contribution in [3.63, 3.8) is 0 Å². The topological polar surface area (TPSA) is 50.2 Å². The van der Waals surface area contributed by atoms with E-state index >= 15 is 0 Å². The minimum absolute atomic E-state index is 0.0796. The predicted octanol–water partition coefficient (Wildman–Crippen LogP) is 5.03. The number of carbonyl (C=O) groups excluding carboxylic acids is 1. The van der Waals surface area contributed by atoms with Crippen molar-refractivity contribution in [2.75, 3.05) is 18.4 Å². The van der Waals surface area contributed by atoms with Gasteiger partial charge in [0.05, 0.1) is 17.6 Å². The molecule has 2 heterocycles. The number of imidazole rings is 1. The Hall–Kier alpha value is -2.66. The second-order valence-electron chi connectivity index (χ2n) is 8.57.